The van der Waals surface area contributed by atoms with Gasteiger partial charge in [-0.2, -0.15) is 0 Å². The number of hydrogen-bond donors (Lipinski definition) is 1. The van der Waals surface area contributed by atoms with Gasteiger partial charge in [0.1, 0.15) is 11.6 Å². The molecule has 2 rings (SSSR count). The summed E-state index contributed by atoms with van der Waals surface area (Å²) in [5.41, 5.74) is 1.42. The van der Waals surface area contributed by atoms with Crippen LogP contribution in [0.1, 0.15) is 30.5 Å². The number of halogens is 2. The molecule has 0 amide bonds. The van der Waals surface area contributed by atoms with Gasteiger partial charge in [-0.25, -0.2) is 4.39 Å². The molecule has 5 heteroatoms. The number of nitrogens with zero attached hydrogens (tertiary/aromatic N) is 1. The number of nitrogens with one attached hydrogen (secondary N) is 1. The highest BCUT2D eigenvalue weighted by atomic mass is 79.9. The van der Waals surface area contributed by atoms with E-state index in [1.54, 1.807) is 25.5 Å². The van der Waals surface area contributed by atoms with Crippen molar-refractivity contribution in [3.05, 3.63) is 58.1 Å². The SMILES string of the molecule is CCCOc1cncc(C(NC)c2c(F)cccc2Br)c1. The lowest BCUT2D eigenvalue weighted by atomic mass is 10.00. The van der Waals surface area contributed by atoms with Gasteiger partial charge in [-0.3, -0.25) is 4.98 Å². The average Bonchev–Trinajstić information content (AvgIpc) is 2.49. The molecule has 21 heavy (non-hydrogen) atoms. The number of benzene rings is 1. The van der Waals surface area contributed by atoms with Gasteiger partial charge in [-0.1, -0.05) is 28.9 Å². The molecule has 2 aromatic rings. The van der Waals surface area contributed by atoms with E-state index >= 15 is 0 Å². The molecule has 1 aromatic heterocycles. The van der Waals surface area contributed by atoms with Gasteiger partial charge in [0.25, 0.3) is 0 Å². The van der Waals surface area contributed by atoms with Crippen LogP contribution in [0.5, 0.6) is 5.75 Å². The Bertz CT molecular complexity index is 586. The maximum atomic E-state index is 14.2. The molecule has 1 atom stereocenters. The van der Waals surface area contributed by atoms with Crippen molar-refractivity contribution in [3.8, 4) is 5.75 Å². The summed E-state index contributed by atoms with van der Waals surface area (Å²) in [7, 11) is 1.79. The topological polar surface area (TPSA) is 34.1 Å². The normalized spacial score (nSPS) is 12.2. The highest BCUT2D eigenvalue weighted by Crippen LogP contribution is 2.31. The lowest BCUT2D eigenvalue weighted by Gasteiger charge is -2.19. The summed E-state index contributed by atoms with van der Waals surface area (Å²) in [6.07, 6.45) is 4.32. The Labute approximate surface area is 132 Å². The monoisotopic (exact) mass is 352 g/mol. The van der Waals surface area contributed by atoms with Crippen molar-refractivity contribution < 1.29 is 9.13 Å². The Morgan fingerprint density at radius 1 is 1.38 bits per heavy atom. The van der Waals surface area contributed by atoms with Crippen molar-refractivity contribution in [3.63, 3.8) is 0 Å². The van der Waals surface area contributed by atoms with E-state index in [4.69, 9.17) is 4.74 Å². The second-order valence-corrected chi connectivity index (χ2v) is 5.51. The van der Waals surface area contributed by atoms with Crippen molar-refractivity contribution in [1.29, 1.82) is 0 Å². The smallest absolute Gasteiger partial charge is 0.137 e. The summed E-state index contributed by atoms with van der Waals surface area (Å²) in [5.74, 6) is 0.436. The maximum Gasteiger partial charge on any atom is 0.137 e. The molecule has 0 fully saturated rings. The highest BCUT2D eigenvalue weighted by molar-refractivity contribution is 9.10. The Kier molecular flexibility index (Phi) is 5.70. The Hall–Kier alpha value is -1.46. The fourth-order valence-electron chi connectivity index (χ4n) is 2.16. The predicted molar refractivity (Wildman–Crippen MR) is 85.0 cm³/mol. The van der Waals surface area contributed by atoms with Gasteiger partial charge in [0, 0.05) is 16.2 Å². The van der Waals surface area contributed by atoms with Crippen LogP contribution in [0.3, 0.4) is 0 Å². The third-order valence-electron chi connectivity index (χ3n) is 3.12. The molecular formula is C16H18BrFN2O. The van der Waals surface area contributed by atoms with Gasteiger partial charge in [-0.05, 0) is 37.2 Å². The molecule has 3 nitrogen and oxygen atoms in total. The maximum absolute atomic E-state index is 14.2. The number of aromatic nitrogens is 1. The predicted octanol–water partition coefficient (Wildman–Crippen LogP) is 4.08. The zero-order valence-corrected chi connectivity index (χ0v) is 13.7. The minimum atomic E-state index is -0.293. The molecule has 0 bridgehead atoms. The van der Waals surface area contributed by atoms with Crippen LogP contribution in [0.4, 0.5) is 4.39 Å². The first-order valence-electron chi connectivity index (χ1n) is 6.86. The molecule has 0 saturated carbocycles. The van der Waals surface area contributed by atoms with Crippen molar-refractivity contribution in [1.82, 2.24) is 10.3 Å². The number of hydrogen-bond acceptors (Lipinski definition) is 3. The van der Waals surface area contributed by atoms with Crippen molar-refractivity contribution in [2.45, 2.75) is 19.4 Å². The molecule has 0 aliphatic heterocycles. The summed E-state index contributed by atoms with van der Waals surface area (Å²) in [6, 6.07) is 6.55. The van der Waals surface area contributed by atoms with Crippen LogP contribution in [-0.2, 0) is 0 Å². The first-order chi connectivity index (χ1) is 10.2. The van der Waals surface area contributed by atoms with Crippen LogP contribution in [0.25, 0.3) is 0 Å². The minimum absolute atomic E-state index is 0.261. The van der Waals surface area contributed by atoms with E-state index in [9.17, 15) is 4.39 Å². The van der Waals surface area contributed by atoms with Crippen LogP contribution < -0.4 is 10.1 Å². The van der Waals surface area contributed by atoms with Crippen molar-refractivity contribution >= 4 is 15.9 Å². The van der Waals surface area contributed by atoms with Crippen LogP contribution >= 0.6 is 15.9 Å². The van der Waals surface area contributed by atoms with E-state index in [2.05, 4.69) is 26.2 Å². The lowest BCUT2D eigenvalue weighted by Crippen LogP contribution is -2.20. The van der Waals surface area contributed by atoms with E-state index in [-0.39, 0.29) is 11.9 Å². The number of pyridine rings is 1. The Balaban J connectivity index is 2.37. The van der Waals surface area contributed by atoms with E-state index < -0.39 is 0 Å². The molecule has 112 valence electrons. The summed E-state index contributed by atoms with van der Waals surface area (Å²) in [6.45, 7) is 2.68. The van der Waals surface area contributed by atoms with Crippen molar-refractivity contribution in [2.24, 2.45) is 0 Å². The summed E-state index contributed by atoms with van der Waals surface area (Å²) in [4.78, 5) is 4.19. The lowest BCUT2D eigenvalue weighted by molar-refractivity contribution is 0.315. The fraction of sp³-hybridized carbons (Fsp3) is 0.312. The zero-order valence-electron chi connectivity index (χ0n) is 12.1. The standard InChI is InChI=1S/C16H18BrFN2O/c1-3-7-21-12-8-11(9-20-10-12)16(19-2)15-13(17)5-4-6-14(15)18/h4-6,8-10,16,19H,3,7H2,1-2H3. The number of ether oxygens (including phenoxy) is 1. The van der Waals surface area contributed by atoms with Crippen LogP contribution in [-0.4, -0.2) is 18.6 Å². The van der Waals surface area contributed by atoms with Gasteiger partial charge >= 0.3 is 0 Å². The van der Waals surface area contributed by atoms with E-state index in [1.807, 2.05) is 19.1 Å². The van der Waals surface area contributed by atoms with Crippen molar-refractivity contribution in [2.75, 3.05) is 13.7 Å². The molecule has 0 saturated heterocycles. The molecule has 1 N–H and O–H groups in total. The molecule has 0 aliphatic carbocycles. The zero-order chi connectivity index (χ0) is 15.2. The van der Waals surface area contributed by atoms with Gasteiger partial charge in [0.05, 0.1) is 18.8 Å². The summed E-state index contributed by atoms with van der Waals surface area (Å²) >= 11 is 3.41. The van der Waals surface area contributed by atoms with Gasteiger partial charge < -0.3 is 10.1 Å². The minimum Gasteiger partial charge on any atom is -0.492 e. The first-order valence-corrected chi connectivity index (χ1v) is 7.65. The third-order valence-corrected chi connectivity index (χ3v) is 3.81. The molecule has 0 spiro atoms. The quantitative estimate of drug-likeness (QED) is 0.850. The van der Waals surface area contributed by atoms with Crippen LogP contribution in [0.2, 0.25) is 0 Å². The molecule has 1 unspecified atom stereocenters. The first kappa shape index (κ1) is 15.9. The van der Waals surface area contributed by atoms with E-state index in [1.165, 1.54) is 6.07 Å². The summed E-state index contributed by atoms with van der Waals surface area (Å²) < 4.78 is 20.5. The fourth-order valence-corrected chi connectivity index (χ4v) is 2.73. The third kappa shape index (κ3) is 3.80. The van der Waals surface area contributed by atoms with Gasteiger partial charge in [0.15, 0.2) is 0 Å². The van der Waals surface area contributed by atoms with Crippen LogP contribution in [0, 0.1) is 5.82 Å². The summed E-state index contributed by atoms with van der Waals surface area (Å²) in [5, 5.41) is 3.13. The molecule has 1 aromatic carbocycles. The van der Waals surface area contributed by atoms with E-state index in [0.29, 0.717) is 17.9 Å². The number of rotatable bonds is 6. The van der Waals surface area contributed by atoms with E-state index in [0.717, 1.165) is 16.5 Å². The second kappa shape index (κ2) is 7.52. The highest BCUT2D eigenvalue weighted by Gasteiger charge is 2.19. The Morgan fingerprint density at radius 3 is 2.86 bits per heavy atom. The molecular weight excluding hydrogens is 335 g/mol. The average molecular weight is 353 g/mol. The molecule has 0 radical (unpaired) electrons. The Morgan fingerprint density at radius 2 is 2.19 bits per heavy atom. The molecule has 0 aliphatic rings. The second-order valence-electron chi connectivity index (χ2n) is 4.66. The van der Waals surface area contributed by atoms with Gasteiger partial charge in [0.2, 0.25) is 0 Å². The van der Waals surface area contributed by atoms with Gasteiger partial charge in [-0.15, -0.1) is 0 Å². The van der Waals surface area contributed by atoms with Crippen LogP contribution in [0.15, 0.2) is 41.1 Å². The largest absolute Gasteiger partial charge is 0.492 e. The molecule has 1 heterocycles.